The van der Waals surface area contributed by atoms with Gasteiger partial charge in [-0.1, -0.05) is 13.3 Å². The Morgan fingerprint density at radius 1 is 1.40 bits per heavy atom. The van der Waals surface area contributed by atoms with E-state index in [0.29, 0.717) is 0 Å². The molecule has 0 N–H and O–H groups in total. The van der Waals surface area contributed by atoms with E-state index in [1.807, 2.05) is 0 Å². The molecule has 0 aliphatic carbocycles. The minimum absolute atomic E-state index is 1.10. The smallest absolute Gasteiger partial charge is 0.0388 e. The van der Waals surface area contributed by atoms with E-state index in [-0.39, 0.29) is 0 Å². The predicted molar refractivity (Wildman–Crippen MR) is 45.7 cm³/mol. The molecule has 1 nitrogen and oxygen atoms in total. The molecule has 1 aliphatic rings. The number of hydrogen-bond acceptors (Lipinski definition) is 1. The van der Waals surface area contributed by atoms with Crippen molar-refractivity contribution in [3.8, 4) is 0 Å². The Kier molecular flexibility index (Phi) is 3.48. The van der Waals surface area contributed by atoms with Gasteiger partial charge >= 0.3 is 0 Å². The highest BCUT2D eigenvalue weighted by molar-refractivity contribution is 5.84. The van der Waals surface area contributed by atoms with Gasteiger partial charge in [-0.15, -0.1) is 0 Å². The van der Waals surface area contributed by atoms with E-state index in [2.05, 4.69) is 11.9 Å². The van der Waals surface area contributed by atoms with Crippen LogP contribution >= 0.6 is 0 Å². The van der Waals surface area contributed by atoms with Crippen molar-refractivity contribution in [3.63, 3.8) is 0 Å². The lowest BCUT2D eigenvalue weighted by Gasteiger charge is -2.10. The molecule has 0 aromatic carbocycles. The molecule has 10 heavy (non-hydrogen) atoms. The monoisotopic (exact) mass is 139 g/mol. The molecule has 0 amide bonds. The first-order chi connectivity index (χ1) is 4.93. The van der Waals surface area contributed by atoms with Crippen LogP contribution in [0.25, 0.3) is 0 Å². The van der Waals surface area contributed by atoms with Crippen molar-refractivity contribution in [1.29, 1.82) is 0 Å². The molecule has 0 atom stereocenters. The van der Waals surface area contributed by atoms with Gasteiger partial charge < -0.3 is 0 Å². The van der Waals surface area contributed by atoms with Crippen LogP contribution < -0.4 is 0 Å². The highest BCUT2D eigenvalue weighted by Gasteiger charge is 2.02. The SMILES string of the molecule is CCCCC1=NCCCC1. The molecule has 0 fully saturated rings. The highest BCUT2D eigenvalue weighted by Crippen LogP contribution is 2.10. The van der Waals surface area contributed by atoms with Crippen molar-refractivity contribution < 1.29 is 0 Å². The molecule has 0 spiro atoms. The van der Waals surface area contributed by atoms with E-state index >= 15 is 0 Å². The van der Waals surface area contributed by atoms with Gasteiger partial charge in [0.2, 0.25) is 0 Å². The molecule has 1 heterocycles. The Labute approximate surface area is 63.5 Å². The molecule has 0 saturated heterocycles. The molecule has 0 aromatic rings. The fraction of sp³-hybridized carbons (Fsp3) is 0.889. The summed E-state index contributed by atoms with van der Waals surface area (Å²) in [6.45, 7) is 3.34. The molecule has 1 rings (SSSR count). The van der Waals surface area contributed by atoms with Crippen LogP contribution in [0.3, 0.4) is 0 Å². The second-order valence-electron chi connectivity index (χ2n) is 3.01. The molecule has 1 heteroatoms. The third kappa shape index (κ3) is 2.51. The second-order valence-corrected chi connectivity index (χ2v) is 3.01. The van der Waals surface area contributed by atoms with Crippen LogP contribution in [0, 0.1) is 0 Å². The number of aliphatic imine (C=N–C) groups is 1. The fourth-order valence-electron chi connectivity index (χ4n) is 1.34. The Morgan fingerprint density at radius 3 is 2.90 bits per heavy atom. The van der Waals surface area contributed by atoms with Gasteiger partial charge in [0, 0.05) is 12.3 Å². The van der Waals surface area contributed by atoms with Crippen molar-refractivity contribution in [3.05, 3.63) is 0 Å². The van der Waals surface area contributed by atoms with Crippen molar-refractivity contribution in [2.75, 3.05) is 6.54 Å². The molecule has 0 aromatic heterocycles. The second kappa shape index (κ2) is 4.48. The maximum Gasteiger partial charge on any atom is 0.0388 e. The summed E-state index contributed by atoms with van der Waals surface area (Å²) in [4.78, 5) is 4.48. The largest absolute Gasteiger partial charge is 0.294 e. The van der Waals surface area contributed by atoms with Crippen LogP contribution in [0.15, 0.2) is 4.99 Å². The van der Waals surface area contributed by atoms with Crippen LogP contribution in [0.1, 0.15) is 45.4 Å². The zero-order valence-electron chi connectivity index (χ0n) is 6.90. The lowest BCUT2D eigenvalue weighted by molar-refractivity contribution is 0.711. The van der Waals surface area contributed by atoms with Gasteiger partial charge in [0.15, 0.2) is 0 Å². The first-order valence-electron chi connectivity index (χ1n) is 4.45. The minimum atomic E-state index is 1.10. The average Bonchev–Trinajstić information content (AvgIpc) is 2.03. The predicted octanol–water partition coefficient (Wildman–Crippen LogP) is 2.80. The maximum absolute atomic E-state index is 4.48. The fourth-order valence-corrected chi connectivity index (χ4v) is 1.34. The van der Waals surface area contributed by atoms with Gasteiger partial charge in [0.1, 0.15) is 0 Å². The molecule has 0 radical (unpaired) electrons. The maximum atomic E-state index is 4.48. The van der Waals surface area contributed by atoms with Gasteiger partial charge in [-0.3, -0.25) is 4.99 Å². The summed E-state index contributed by atoms with van der Waals surface area (Å²) in [7, 11) is 0. The van der Waals surface area contributed by atoms with Gasteiger partial charge in [0.25, 0.3) is 0 Å². The van der Waals surface area contributed by atoms with E-state index in [1.54, 1.807) is 0 Å². The third-order valence-corrected chi connectivity index (χ3v) is 2.03. The van der Waals surface area contributed by atoms with Crippen LogP contribution in [0.2, 0.25) is 0 Å². The molecule has 0 saturated carbocycles. The summed E-state index contributed by atoms with van der Waals surface area (Å²) < 4.78 is 0. The van der Waals surface area contributed by atoms with Gasteiger partial charge in [-0.25, -0.2) is 0 Å². The van der Waals surface area contributed by atoms with Gasteiger partial charge in [-0.05, 0) is 32.1 Å². The molecule has 0 bridgehead atoms. The number of rotatable bonds is 3. The van der Waals surface area contributed by atoms with E-state index < -0.39 is 0 Å². The van der Waals surface area contributed by atoms with Crippen molar-refractivity contribution in [2.45, 2.75) is 45.4 Å². The van der Waals surface area contributed by atoms with E-state index in [1.165, 1.54) is 44.2 Å². The zero-order chi connectivity index (χ0) is 7.23. The number of nitrogens with zero attached hydrogens (tertiary/aromatic N) is 1. The first-order valence-corrected chi connectivity index (χ1v) is 4.45. The lowest BCUT2D eigenvalue weighted by atomic mass is 10.0. The normalized spacial score (nSPS) is 18.7. The Morgan fingerprint density at radius 2 is 2.30 bits per heavy atom. The molecule has 58 valence electrons. The zero-order valence-corrected chi connectivity index (χ0v) is 6.90. The van der Waals surface area contributed by atoms with E-state index in [4.69, 9.17) is 0 Å². The summed E-state index contributed by atoms with van der Waals surface area (Å²) in [5.74, 6) is 0. The average molecular weight is 139 g/mol. The molecule has 1 aliphatic heterocycles. The summed E-state index contributed by atoms with van der Waals surface area (Å²) >= 11 is 0. The van der Waals surface area contributed by atoms with Crippen molar-refractivity contribution >= 4 is 5.71 Å². The minimum Gasteiger partial charge on any atom is -0.294 e. The lowest BCUT2D eigenvalue weighted by Crippen LogP contribution is -2.05. The Bertz CT molecular complexity index is 116. The molecular formula is C9H17N. The number of hydrogen-bond donors (Lipinski definition) is 0. The van der Waals surface area contributed by atoms with E-state index in [0.717, 1.165) is 6.54 Å². The van der Waals surface area contributed by atoms with Crippen LogP contribution in [-0.2, 0) is 0 Å². The Balaban J connectivity index is 2.18. The first kappa shape index (κ1) is 7.77. The summed E-state index contributed by atoms with van der Waals surface area (Å²) in [6.07, 6.45) is 7.87. The Hall–Kier alpha value is -0.330. The third-order valence-electron chi connectivity index (χ3n) is 2.03. The van der Waals surface area contributed by atoms with Crippen LogP contribution in [0.5, 0.6) is 0 Å². The quantitative estimate of drug-likeness (QED) is 0.570. The van der Waals surface area contributed by atoms with Crippen LogP contribution in [-0.4, -0.2) is 12.3 Å². The van der Waals surface area contributed by atoms with Gasteiger partial charge in [0.05, 0.1) is 0 Å². The van der Waals surface area contributed by atoms with Crippen LogP contribution in [0.4, 0.5) is 0 Å². The van der Waals surface area contributed by atoms with E-state index in [9.17, 15) is 0 Å². The number of unbranched alkanes of at least 4 members (excludes halogenated alkanes) is 1. The topological polar surface area (TPSA) is 12.4 Å². The summed E-state index contributed by atoms with van der Waals surface area (Å²) in [5.41, 5.74) is 1.48. The standard InChI is InChI=1S/C9H17N/c1-2-3-6-9-7-4-5-8-10-9/h2-8H2,1H3. The van der Waals surface area contributed by atoms with Crippen molar-refractivity contribution in [2.24, 2.45) is 4.99 Å². The summed E-state index contributed by atoms with van der Waals surface area (Å²) in [6, 6.07) is 0. The van der Waals surface area contributed by atoms with Gasteiger partial charge in [-0.2, -0.15) is 0 Å². The summed E-state index contributed by atoms with van der Waals surface area (Å²) in [5, 5.41) is 0. The van der Waals surface area contributed by atoms with Crippen molar-refractivity contribution in [1.82, 2.24) is 0 Å². The molecule has 0 unspecified atom stereocenters. The molecular weight excluding hydrogens is 122 g/mol. The highest BCUT2D eigenvalue weighted by atomic mass is 14.7.